The number of carbonyl (C=O) groups is 4. The molecule has 0 aromatic heterocycles. The molecule has 1 N–H and O–H groups in total. The lowest BCUT2D eigenvalue weighted by Gasteiger charge is -2.44. The number of esters is 4. The van der Waals surface area contributed by atoms with Gasteiger partial charge in [-0.1, -0.05) is 117 Å². The smallest absolute Gasteiger partial charge is 0.338 e. The second kappa shape index (κ2) is 22.0. The van der Waals surface area contributed by atoms with Gasteiger partial charge in [-0.15, -0.1) is 0 Å². The quantitative estimate of drug-likeness (QED) is 0.0749. The summed E-state index contributed by atoms with van der Waals surface area (Å²) in [4.78, 5) is 60.4. The summed E-state index contributed by atoms with van der Waals surface area (Å²) < 4.78 is 37.9. The highest BCUT2D eigenvalue weighted by Gasteiger charge is 2.55. The third-order valence-electron chi connectivity index (χ3n) is 11.0. The van der Waals surface area contributed by atoms with E-state index in [1.54, 1.807) is 121 Å². The Labute approximate surface area is 378 Å². The molecule has 7 rings (SSSR count). The molecule has 1 fully saturated rings. The second-order valence-corrected chi connectivity index (χ2v) is 15.9. The van der Waals surface area contributed by atoms with Gasteiger partial charge in [0.2, 0.25) is 18.3 Å². The van der Waals surface area contributed by atoms with Crippen LogP contribution in [0.1, 0.15) is 78.4 Å². The molecule has 0 unspecified atom stereocenters. The average molecular weight is 878 g/mol. The van der Waals surface area contributed by atoms with Crippen molar-refractivity contribution in [2.24, 2.45) is 10.9 Å². The molecule has 0 saturated carbocycles. The summed E-state index contributed by atoms with van der Waals surface area (Å²) in [6.07, 6.45) is -2.72. The van der Waals surface area contributed by atoms with Crippen LogP contribution >= 0.6 is 0 Å². The minimum atomic E-state index is -1.59. The van der Waals surface area contributed by atoms with Crippen molar-refractivity contribution in [3.05, 3.63) is 196 Å². The number of nitrogens with zero attached hydrogens (tertiary/aromatic N) is 1. The normalized spacial score (nSPS) is 19.4. The number of aliphatic imine (C=N–C) groups is 1. The lowest BCUT2D eigenvalue weighted by molar-refractivity contribution is -0.278. The third kappa shape index (κ3) is 11.7. The van der Waals surface area contributed by atoms with E-state index in [2.05, 4.69) is 19.9 Å². The third-order valence-corrected chi connectivity index (χ3v) is 11.0. The maximum atomic E-state index is 14.1. The van der Waals surface area contributed by atoms with Crippen LogP contribution in [-0.2, 0) is 34.8 Å². The van der Waals surface area contributed by atoms with Crippen molar-refractivity contribution in [1.29, 1.82) is 0 Å². The van der Waals surface area contributed by atoms with E-state index in [0.717, 1.165) is 27.8 Å². The van der Waals surface area contributed by atoms with Gasteiger partial charge in [-0.25, -0.2) is 24.2 Å². The van der Waals surface area contributed by atoms with E-state index >= 15 is 0 Å². The van der Waals surface area contributed by atoms with Crippen LogP contribution in [0.5, 0.6) is 0 Å². The van der Waals surface area contributed by atoms with Crippen LogP contribution in [0.4, 0.5) is 0 Å². The van der Waals surface area contributed by atoms with Crippen molar-refractivity contribution in [2.75, 3.05) is 19.8 Å². The molecule has 12 nitrogen and oxygen atoms in total. The molecule has 5 aromatic carbocycles. The zero-order chi connectivity index (χ0) is 45.7. The molecule has 1 saturated heterocycles. The molecule has 2 aliphatic heterocycles. The summed E-state index contributed by atoms with van der Waals surface area (Å²) in [5.74, 6) is -2.81. The number of benzene rings is 5. The molecule has 65 heavy (non-hydrogen) atoms. The van der Waals surface area contributed by atoms with E-state index in [9.17, 15) is 24.3 Å². The molecule has 2 heterocycles. The first-order valence-electron chi connectivity index (χ1n) is 21.6. The first-order chi connectivity index (χ1) is 31.6. The van der Waals surface area contributed by atoms with Gasteiger partial charge < -0.3 is 33.5 Å². The molecule has 5 aromatic rings. The molecule has 334 valence electrons. The topological polar surface area (TPSA) is 156 Å². The zero-order valence-electron chi connectivity index (χ0n) is 36.4. The number of hydrogen-bond donors (Lipinski definition) is 1. The lowest BCUT2D eigenvalue weighted by atomic mass is 9.92. The molecular formula is C53H51NO11. The summed E-state index contributed by atoms with van der Waals surface area (Å²) in [6.45, 7) is 6.05. The van der Waals surface area contributed by atoms with E-state index in [1.807, 2.05) is 31.2 Å². The van der Waals surface area contributed by atoms with Gasteiger partial charge in [0.25, 0.3) is 0 Å². The molecule has 0 radical (unpaired) electrons. The average Bonchev–Trinajstić information content (AvgIpc) is 3.73. The second-order valence-electron chi connectivity index (χ2n) is 15.9. The number of rotatable bonds is 16. The number of aliphatic hydroxyl groups excluding tert-OH is 1. The predicted molar refractivity (Wildman–Crippen MR) is 243 cm³/mol. The zero-order valence-corrected chi connectivity index (χ0v) is 36.4. The first kappa shape index (κ1) is 45.9. The minimum Gasteiger partial charge on any atom is -0.459 e. The van der Waals surface area contributed by atoms with Gasteiger partial charge in [-0.2, -0.15) is 0 Å². The molecule has 0 spiro atoms. The fourth-order valence-electron chi connectivity index (χ4n) is 7.55. The highest BCUT2D eigenvalue weighted by atomic mass is 16.7. The van der Waals surface area contributed by atoms with Crippen molar-refractivity contribution in [2.45, 2.75) is 64.3 Å². The van der Waals surface area contributed by atoms with Crippen LogP contribution in [0, 0.1) is 12.8 Å². The van der Waals surface area contributed by atoms with Crippen LogP contribution in [0.25, 0.3) is 6.08 Å². The first-order valence-corrected chi connectivity index (χ1v) is 21.6. The van der Waals surface area contributed by atoms with Crippen LogP contribution in [0.15, 0.2) is 162 Å². The molecule has 5 atom stereocenters. The molecule has 2 aliphatic rings. The van der Waals surface area contributed by atoms with E-state index in [0.29, 0.717) is 19.4 Å². The van der Waals surface area contributed by atoms with Crippen LogP contribution in [-0.4, -0.2) is 85.3 Å². The number of carbonyl (C=O) groups excluding carboxylic acids is 4. The molecule has 0 bridgehead atoms. The largest absolute Gasteiger partial charge is 0.459 e. The highest BCUT2D eigenvalue weighted by molar-refractivity contribution is 5.97. The van der Waals surface area contributed by atoms with Crippen molar-refractivity contribution in [1.82, 2.24) is 0 Å². The van der Waals surface area contributed by atoms with E-state index in [1.165, 1.54) is 0 Å². The molecule has 0 aliphatic carbocycles. The number of aryl methyl sites for hydroxylation is 1. The van der Waals surface area contributed by atoms with Crippen molar-refractivity contribution < 1.29 is 52.7 Å². The summed E-state index contributed by atoms with van der Waals surface area (Å²) in [5.41, 5.74) is 5.64. The number of hydrogen-bond acceptors (Lipinski definition) is 12. The van der Waals surface area contributed by atoms with E-state index in [4.69, 9.17) is 33.4 Å². The minimum absolute atomic E-state index is 0.0636. The summed E-state index contributed by atoms with van der Waals surface area (Å²) in [6, 6.07) is 39.1. The predicted octanol–water partition coefficient (Wildman–Crippen LogP) is 8.57. The van der Waals surface area contributed by atoms with Crippen molar-refractivity contribution in [3.8, 4) is 0 Å². The Kier molecular flexibility index (Phi) is 15.5. The van der Waals surface area contributed by atoms with Gasteiger partial charge >= 0.3 is 23.9 Å². The van der Waals surface area contributed by atoms with Crippen LogP contribution < -0.4 is 0 Å². The number of ether oxygens (including phenoxy) is 6. The van der Waals surface area contributed by atoms with Crippen molar-refractivity contribution in [3.63, 3.8) is 0 Å². The summed E-state index contributed by atoms with van der Waals surface area (Å²) >= 11 is 0. The molecular weight excluding hydrogens is 827 g/mol. The van der Waals surface area contributed by atoms with Crippen molar-refractivity contribution >= 4 is 35.9 Å². The Morgan fingerprint density at radius 2 is 1.20 bits per heavy atom. The standard InChI is InChI=1S/C53H51NO11/c1-34(2)43-32-54-48(42(43)31-41-28-27-36(30-35(41)3)18-16-17-29-55)65-53-47(64-52(59)40-25-14-7-15-26-40)46(63-51(58)39-23-12-6-13-24-39)45(62-50(57)38-21-10-5-11-22-38)44(61-53)33-60-49(56)37-19-8-4-9-20-37/h4-16,18-28,30,34,44-47,53,55H,17,29,31-33H2,1-3H3/b18-16+/t44-,45-,46+,47-,53+/m1/s1. The monoisotopic (exact) mass is 877 g/mol. The van der Waals surface area contributed by atoms with Gasteiger partial charge in [0.15, 0.2) is 12.2 Å². The van der Waals surface area contributed by atoms with Gasteiger partial charge in [0.05, 0.1) is 28.8 Å². The SMILES string of the molecule is Cc1cc(/C=C/CCO)ccc1CC1=C(C(C)C)CN=C1O[C@@H]1O[C@H](COC(=O)c2ccccc2)[C@@H](OC(=O)c2ccccc2)[C@H](OC(=O)c2ccccc2)[C@H]1OC(=O)c1ccccc1. The maximum absolute atomic E-state index is 14.1. The Hall–Kier alpha value is -7.15. The lowest BCUT2D eigenvalue weighted by Crippen LogP contribution is -2.63. The summed E-state index contributed by atoms with van der Waals surface area (Å²) in [7, 11) is 0. The Bertz CT molecular complexity index is 2520. The Morgan fingerprint density at radius 3 is 1.71 bits per heavy atom. The van der Waals surface area contributed by atoms with Gasteiger partial charge in [-0.05, 0) is 90.1 Å². The highest BCUT2D eigenvalue weighted by Crippen LogP contribution is 2.35. The van der Waals surface area contributed by atoms with Gasteiger partial charge in [0, 0.05) is 18.6 Å². The fourth-order valence-corrected chi connectivity index (χ4v) is 7.55. The Balaban J connectivity index is 1.30. The van der Waals surface area contributed by atoms with Gasteiger partial charge in [-0.3, -0.25) is 0 Å². The fraction of sp³-hybridized carbons (Fsp3) is 0.264. The van der Waals surface area contributed by atoms with E-state index < -0.39 is 61.2 Å². The maximum Gasteiger partial charge on any atom is 0.338 e. The summed E-state index contributed by atoms with van der Waals surface area (Å²) in [5, 5.41) is 9.25. The molecule has 0 amide bonds. The Morgan fingerprint density at radius 1 is 0.692 bits per heavy atom. The van der Waals surface area contributed by atoms with E-state index in [-0.39, 0.29) is 40.7 Å². The van der Waals surface area contributed by atoms with Crippen LogP contribution in [0.3, 0.4) is 0 Å². The van der Waals surface area contributed by atoms with Crippen LogP contribution in [0.2, 0.25) is 0 Å². The molecule has 12 heteroatoms. The number of aliphatic hydroxyl groups is 1. The van der Waals surface area contributed by atoms with Gasteiger partial charge in [0.1, 0.15) is 12.7 Å².